The first-order chi connectivity index (χ1) is 8.46. The molecule has 1 aromatic heterocycles. The normalized spacial score (nSPS) is 15.5. The quantitative estimate of drug-likeness (QED) is 0.833. The monoisotopic (exact) mass is 263 g/mol. The van der Waals surface area contributed by atoms with Crippen LogP contribution in [0.3, 0.4) is 0 Å². The van der Waals surface area contributed by atoms with E-state index < -0.39 is 12.8 Å². The Kier molecular flexibility index (Phi) is 3.67. The molecule has 2 N–H and O–H groups in total. The highest BCUT2D eigenvalue weighted by Gasteiger charge is 2.27. The first-order valence-corrected chi connectivity index (χ1v) is 5.42. The summed E-state index contributed by atoms with van der Waals surface area (Å²) in [6, 6.07) is 0. The SMILES string of the molecule is O=c1[nH]c(COCC(F)(F)F)nc2c1CCNC2. The number of aromatic nitrogens is 2. The van der Waals surface area contributed by atoms with Gasteiger partial charge in [-0.05, 0) is 13.0 Å². The number of hydrogen-bond donors (Lipinski definition) is 2. The molecule has 100 valence electrons. The van der Waals surface area contributed by atoms with Gasteiger partial charge in [-0.25, -0.2) is 4.98 Å². The first-order valence-electron chi connectivity index (χ1n) is 5.42. The van der Waals surface area contributed by atoms with Gasteiger partial charge in [0.05, 0.1) is 5.69 Å². The second-order valence-electron chi connectivity index (χ2n) is 3.97. The maximum absolute atomic E-state index is 11.9. The van der Waals surface area contributed by atoms with Crippen LogP contribution in [0.2, 0.25) is 0 Å². The van der Waals surface area contributed by atoms with Crippen LogP contribution in [0.15, 0.2) is 4.79 Å². The molecule has 0 bridgehead atoms. The minimum Gasteiger partial charge on any atom is -0.364 e. The van der Waals surface area contributed by atoms with Crippen LogP contribution in [0.4, 0.5) is 13.2 Å². The fourth-order valence-corrected chi connectivity index (χ4v) is 1.75. The van der Waals surface area contributed by atoms with E-state index in [1.54, 1.807) is 0 Å². The molecule has 0 saturated heterocycles. The predicted octanol–water partition coefficient (Wildman–Crippen LogP) is 0.494. The Morgan fingerprint density at radius 2 is 2.17 bits per heavy atom. The second-order valence-corrected chi connectivity index (χ2v) is 3.97. The zero-order valence-corrected chi connectivity index (χ0v) is 9.43. The largest absolute Gasteiger partial charge is 0.411 e. The molecule has 0 spiro atoms. The Morgan fingerprint density at radius 3 is 2.89 bits per heavy atom. The van der Waals surface area contributed by atoms with E-state index in [-0.39, 0.29) is 18.0 Å². The highest BCUT2D eigenvalue weighted by atomic mass is 19.4. The van der Waals surface area contributed by atoms with Gasteiger partial charge in [0.25, 0.3) is 5.56 Å². The summed E-state index contributed by atoms with van der Waals surface area (Å²) in [6.45, 7) is -0.568. The zero-order chi connectivity index (χ0) is 13.2. The summed E-state index contributed by atoms with van der Waals surface area (Å²) in [4.78, 5) is 18.2. The average molecular weight is 263 g/mol. The lowest BCUT2D eigenvalue weighted by Gasteiger charge is -2.16. The minimum atomic E-state index is -4.38. The number of fused-ring (bicyclic) bond motifs is 1. The lowest BCUT2D eigenvalue weighted by molar-refractivity contribution is -0.177. The van der Waals surface area contributed by atoms with Gasteiger partial charge in [0.2, 0.25) is 0 Å². The topological polar surface area (TPSA) is 67.0 Å². The van der Waals surface area contributed by atoms with Crippen LogP contribution in [0.5, 0.6) is 0 Å². The van der Waals surface area contributed by atoms with Gasteiger partial charge >= 0.3 is 6.18 Å². The molecule has 2 heterocycles. The van der Waals surface area contributed by atoms with E-state index in [0.717, 1.165) is 0 Å². The van der Waals surface area contributed by atoms with Crippen molar-refractivity contribution in [2.75, 3.05) is 13.2 Å². The number of halogens is 3. The summed E-state index contributed by atoms with van der Waals surface area (Å²) in [5, 5.41) is 3.04. The standard InChI is InChI=1S/C10H12F3N3O2/c11-10(12,13)5-18-4-8-15-7-3-14-2-1-6(7)9(17)16-8/h14H,1-5H2,(H,15,16,17). The van der Waals surface area contributed by atoms with E-state index in [2.05, 4.69) is 20.0 Å². The molecule has 0 unspecified atom stereocenters. The maximum atomic E-state index is 11.9. The molecule has 0 aromatic carbocycles. The molecule has 0 aliphatic carbocycles. The fraction of sp³-hybridized carbons (Fsp3) is 0.600. The molecule has 1 aliphatic rings. The van der Waals surface area contributed by atoms with Gasteiger partial charge in [0.15, 0.2) is 0 Å². The smallest absolute Gasteiger partial charge is 0.364 e. The first kappa shape index (κ1) is 13.0. The number of aromatic amines is 1. The average Bonchev–Trinajstić information content (AvgIpc) is 2.27. The van der Waals surface area contributed by atoms with Crippen molar-refractivity contribution in [2.24, 2.45) is 0 Å². The van der Waals surface area contributed by atoms with Crippen molar-refractivity contribution in [2.45, 2.75) is 25.7 Å². The number of ether oxygens (including phenoxy) is 1. The highest BCUT2D eigenvalue weighted by Crippen LogP contribution is 2.15. The van der Waals surface area contributed by atoms with Gasteiger partial charge in [-0.1, -0.05) is 0 Å². The summed E-state index contributed by atoms with van der Waals surface area (Å²) < 4.78 is 40.1. The molecular weight excluding hydrogens is 251 g/mol. The van der Waals surface area contributed by atoms with Crippen LogP contribution < -0.4 is 10.9 Å². The highest BCUT2D eigenvalue weighted by molar-refractivity contribution is 5.20. The van der Waals surface area contributed by atoms with Crippen LogP contribution in [0, 0.1) is 0 Å². The molecule has 0 amide bonds. The summed E-state index contributed by atoms with van der Waals surface area (Å²) in [5.41, 5.74) is 0.871. The Hall–Kier alpha value is -1.41. The maximum Gasteiger partial charge on any atom is 0.411 e. The van der Waals surface area contributed by atoms with Gasteiger partial charge in [-0.15, -0.1) is 0 Å². The predicted molar refractivity (Wildman–Crippen MR) is 56.0 cm³/mol. The molecular formula is C10H12F3N3O2. The van der Waals surface area contributed by atoms with Crippen molar-refractivity contribution in [3.8, 4) is 0 Å². The fourth-order valence-electron chi connectivity index (χ4n) is 1.75. The molecule has 0 atom stereocenters. The third kappa shape index (κ3) is 3.30. The van der Waals surface area contributed by atoms with Crippen LogP contribution in [0.25, 0.3) is 0 Å². The van der Waals surface area contributed by atoms with Crippen molar-refractivity contribution in [3.63, 3.8) is 0 Å². The molecule has 0 radical (unpaired) electrons. The van der Waals surface area contributed by atoms with Crippen molar-refractivity contribution in [3.05, 3.63) is 27.4 Å². The van der Waals surface area contributed by atoms with Gasteiger partial charge < -0.3 is 15.0 Å². The zero-order valence-electron chi connectivity index (χ0n) is 9.43. The Balaban J connectivity index is 2.06. The van der Waals surface area contributed by atoms with Crippen LogP contribution >= 0.6 is 0 Å². The number of nitrogens with one attached hydrogen (secondary N) is 2. The van der Waals surface area contributed by atoms with Gasteiger partial charge in [-0.3, -0.25) is 4.79 Å². The number of alkyl halides is 3. The summed E-state index contributed by atoms with van der Waals surface area (Å²) in [5.74, 6) is 0.117. The summed E-state index contributed by atoms with van der Waals surface area (Å²) >= 11 is 0. The molecule has 2 rings (SSSR count). The van der Waals surface area contributed by atoms with E-state index in [4.69, 9.17) is 0 Å². The summed E-state index contributed by atoms with van der Waals surface area (Å²) in [6.07, 6.45) is -3.81. The lowest BCUT2D eigenvalue weighted by atomic mass is 10.1. The number of H-pyrrole nitrogens is 1. The number of rotatable bonds is 3. The van der Waals surface area contributed by atoms with Crippen LogP contribution in [0.1, 0.15) is 17.1 Å². The molecule has 18 heavy (non-hydrogen) atoms. The number of hydrogen-bond acceptors (Lipinski definition) is 4. The van der Waals surface area contributed by atoms with Crippen LogP contribution in [-0.2, 0) is 24.3 Å². The molecule has 0 saturated carbocycles. The lowest BCUT2D eigenvalue weighted by Crippen LogP contribution is -2.32. The van der Waals surface area contributed by atoms with Crippen molar-refractivity contribution < 1.29 is 17.9 Å². The van der Waals surface area contributed by atoms with Crippen molar-refractivity contribution >= 4 is 0 Å². The third-order valence-corrected chi connectivity index (χ3v) is 2.50. The Morgan fingerprint density at radius 1 is 1.39 bits per heavy atom. The van der Waals surface area contributed by atoms with Gasteiger partial charge in [0.1, 0.15) is 19.0 Å². The molecule has 0 fully saturated rings. The van der Waals surface area contributed by atoms with E-state index >= 15 is 0 Å². The van der Waals surface area contributed by atoms with Gasteiger partial charge in [0, 0.05) is 12.1 Å². The van der Waals surface area contributed by atoms with Crippen LogP contribution in [-0.4, -0.2) is 29.3 Å². The van der Waals surface area contributed by atoms with Crippen molar-refractivity contribution in [1.82, 2.24) is 15.3 Å². The number of nitrogens with zero attached hydrogens (tertiary/aromatic N) is 1. The Labute approximate surface area is 100 Å². The minimum absolute atomic E-state index is 0.117. The van der Waals surface area contributed by atoms with E-state index in [1.165, 1.54) is 0 Å². The van der Waals surface area contributed by atoms with E-state index in [0.29, 0.717) is 30.8 Å². The molecule has 1 aliphatic heterocycles. The molecule has 1 aromatic rings. The van der Waals surface area contributed by atoms with Crippen molar-refractivity contribution in [1.29, 1.82) is 0 Å². The van der Waals surface area contributed by atoms with Gasteiger partial charge in [-0.2, -0.15) is 13.2 Å². The third-order valence-electron chi connectivity index (χ3n) is 2.50. The molecule has 8 heteroatoms. The Bertz CT molecular complexity index is 484. The van der Waals surface area contributed by atoms with E-state index in [9.17, 15) is 18.0 Å². The molecule has 5 nitrogen and oxygen atoms in total. The van der Waals surface area contributed by atoms with E-state index in [1.807, 2.05) is 0 Å². The summed E-state index contributed by atoms with van der Waals surface area (Å²) in [7, 11) is 0. The second kappa shape index (κ2) is 5.07.